The maximum atomic E-state index is 6.82. The molecule has 3 heterocycles. The van der Waals surface area contributed by atoms with Crippen molar-refractivity contribution in [2.45, 2.75) is 0 Å². The van der Waals surface area contributed by atoms with Gasteiger partial charge in [0.05, 0.1) is 22.7 Å². The van der Waals surface area contributed by atoms with Crippen molar-refractivity contribution >= 4 is 76.3 Å². The van der Waals surface area contributed by atoms with Crippen molar-refractivity contribution in [1.82, 2.24) is 4.57 Å². The third kappa shape index (κ3) is 4.38. The van der Waals surface area contributed by atoms with E-state index in [4.69, 9.17) is 8.83 Å². The highest BCUT2D eigenvalue weighted by atomic mass is 16.3. The molecule has 0 atom stereocenters. The topological polar surface area (TPSA) is 31.2 Å². The van der Waals surface area contributed by atoms with Crippen molar-refractivity contribution < 1.29 is 8.83 Å². The Morgan fingerprint density at radius 1 is 0.364 bits per heavy atom. The quantitative estimate of drug-likeness (QED) is 0.171. The van der Waals surface area contributed by atoms with Gasteiger partial charge in [0.15, 0.2) is 0 Å². The molecular weight excluding hydrogens is 671 g/mol. The fourth-order valence-corrected chi connectivity index (χ4v) is 9.07. The van der Waals surface area contributed by atoms with Crippen molar-refractivity contribution in [3.05, 3.63) is 188 Å². The van der Waals surface area contributed by atoms with E-state index in [0.29, 0.717) is 0 Å². The van der Waals surface area contributed by atoms with Crippen LogP contribution in [0.4, 0.5) is 0 Å². The maximum absolute atomic E-state index is 6.82. The second-order valence-corrected chi connectivity index (χ2v) is 14.4. The van der Waals surface area contributed by atoms with E-state index in [1.807, 2.05) is 12.3 Å². The molecule has 0 aliphatic carbocycles. The molecule has 0 aliphatic heterocycles. The molecule has 256 valence electrons. The van der Waals surface area contributed by atoms with Crippen LogP contribution in [0.15, 0.2) is 197 Å². The molecule has 12 aromatic rings. The highest BCUT2D eigenvalue weighted by molar-refractivity contribution is 6.23. The zero-order valence-electron chi connectivity index (χ0n) is 29.7. The molecule has 0 radical (unpaired) electrons. The van der Waals surface area contributed by atoms with Gasteiger partial charge in [0, 0.05) is 32.8 Å². The van der Waals surface area contributed by atoms with Crippen LogP contribution < -0.4 is 0 Å². The number of hydrogen-bond acceptors (Lipinski definition) is 2. The molecule has 0 saturated heterocycles. The average molecular weight is 702 g/mol. The highest BCUT2D eigenvalue weighted by Gasteiger charge is 2.21. The van der Waals surface area contributed by atoms with E-state index >= 15 is 0 Å². The zero-order valence-corrected chi connectivity index (χ0v) is 29.7. The van der Waals surface area contributed by atoms with E-state index in [1.54, 1.807) is 0 Å². The fraction of sp³-hybridized carbons (Fsp3) is 0. The molecule has 0 amide bonds. The SMILES string of the molecule is c1ccc(-c2coc3ccc4c5ccc(-c6c7ccccc7c(-c7ccc8c9ccccc9n(-c9ccccc9)c8c7)c7ccccc67)cc5oc4c23)cc1. The van der Waals surface area contributed by atoms with Gasteiger partial charge in [-0.05, 0) is 97.9 Å². The minimum atomic E-state index is 0.820. The van der Waals surface area contributed by atoms with Crippen LogP contribution in [-0.2, 0) is 0 Å². The molecule has 0 spiro atoms. The van der Waals surface area contributed by atoms with E-state index < -0.39 is 0 Å². The minimum Gasteiger partial charge on any atom is -0.464 e. The summed E-state index contributed by atoms with van der Waals surface area (Å²) >= 11 is 0. The second-order valence-electron chi connectivity index (χ2n) is 14.4. The van der Waals surface area contributed by atoms with Crippen LogP contribution in [0.2, 0.25) is 0 Å². The van der Waals surface area contributed by atoms with Crippen LogP contribution in [0.3, 0.4) is 0 Å². The monoisotopic (exact) mass is 701 g/mol. The van der Waals surface area contributed by atoms with Gasteiger partial charge in [-0.15, -0.1) is 0 Å². The highest BCUT2D eigenvalue weighted by Crippen LogP contribution is 2.47. The van der Waals surface area contributed by atoms with E-state index in [1.165, 1.54) is 60.0 Å². The first kappa shape index (κ1) is 30.1. The van der Waals surface area contributed by atoms with Gasteiger partial charge in [0.25, 0.3) is 0 Å². The van der Waals surface area contributed by atoms with Crippen molar-refractivity contribution in [3.63, 3.8) is 0 Å². The lowest BCUT2D eigenvalue weighted by molar-refractivity contribution is 0.616. The number of nitrogens with zero attached hydrogens (tertiary/aromatic N) is 1. The van der Waals surface area contributed by atoms with Crippen molar-refractivity contribution in [3.8, 4) is 39.1 Å². The van der Waals surface area contributed by atoms with Crippen LogP contribution >= 0.6 is 0 Å². The predicted molar refractivity (Wildman–Crippen MR) is 229 cm³/mol. The third-order valence-electron chi connectivity index (χ3n) is 11.5. The van der Waals surface area contributed by atoms with Crippen LogP contribution in [-0.4, -0.2) is 4.57 Å². The smallest absolute Gasteiger partial charge is 0.147 e. The summed E-state index contributed by atoms with van der Waals surface area (Å²) in [5.41, 5.74) is 13.0. The molecule has 3 aromatic heterocycles. The zero-order chi connectivity index (χ0) is 36.0. The summed E-state index contributed by atoms with van der Waals surface area (Å²) in [5.74, 6) is 0. The van der Waals surface area contributed by atoms with E-state index in [-0.39, 0.29) is 0 Å². The molecule has 0 fully saturated rings. The molecule has 3 nitrogen and oxygen atoms in total. The molecule has 0 bridgehead atoms. The van der Waals surface area contributed by atoms with Crippen LogP contribution in [0.1, 0.15) is 0 Å². The van der Waals surface area contributed by atoms with E-state index in [9.17, 15) is 0 Å². The van der Waals surface area contributed by atoms with Gasteiger partial charge in [0.1, 0.15) is 16.7 Å². The number of benzene rings is 9. The standard InChI is InChI=1S/C52H31NO2/c1-3-13-32(14-4-1)44-31-54-47-28-27-43-38-26-24-34(30-48(38)55-52(43)51(44)47)50-41-20-9-7-18-39(41)49(40-19-8-10-21-42(40)50)33-23-25-37-36-17-11-12-22-45(36)53(46(37)29-33)35-15-5-2-6-16-35/h1-31H. The minimum absolute atomic E-state index is 0.820. The summed E-state index contributed by atoms with van der Waals surface area (Å²) in [6, 6.07) is 65.4. The average Bonchev–Trinajstić information content (AvgIpc) is 3.95. The molecule has 0 unspecified atom stereocenters. The summed E-state index contributed by atoms with van der Waals surface area (Å²) in [4.78, 5) is 0. The number of para-hydroxylation sites is 2. The summed E-state index contributed by atoms with van der Waals surface area (Å²) in [6.45, 7) is 0. The molecule has 12 rings (SSSR count). The summed E-state index contributed by atoms with van der Waals surface area (Å²) in [7, 11) is 0. The lowest BCUT2D eigenvalue weighted by Crippen LogP contribution is -1.94. The number of rotatable bonds is 4. The van der Waals surface area contributed by atoms with Gasteiger partial charge < -0.3 is 13.4 Å². The lowest BCUT2D eigenvalue weighted by Gasteiger charge is -2.18. The summed E-state index contributed by atoms with van der Waals surface area (Å²) in [6.07, 6.45) is 1.84. The molecular formula is C52H31NO2. The van der Waals surface area contributed by atoms with E-state index in [2.05, 4.69) is 180 Å². The number of fused-ring (bicyclic) bond motifs is 10. The molecule has 0 aliphatic rings. The largest absolute Gasteiger partial charge is 0.464 e. The number of furan rings is 2. The first-order valence-electron chi connectivity index (χ1n) is 18.7. The Bertz CT molecular complexity index is 3420. The normalized spacial score (nSPS) is 12.0. The van der Waals surface area contributed by atoms with Crippen LogP contribution in [0.5, 0.6) is 0 Å². The second kappa shape index (κ2) is 11.6. The maximum Gasteiger partial charge on any atom is 0.147 e. The van der Waals surface area contributed by atoms with Gasteiger partial charge >= 0.3 is 0 Å². The van der Waals surface area contributed by atoms with Crippen LogP contribution in [0, 0.1) is 0 Å². The summed E-state index contributed by atoms with van der Waals surface area (Å²) in [5, 5.41) is 10.5. The van der Waals surface area contributed by atoms with Gasteiger partial charge in [-0.25, -0.2) is 0 Å². The molecule has 3 heteroatoms. The van der Waals surface area contributed by atoms with E-state index in [0.717, 1.165) is 55.3 Å². The Morgan fingerprint density at radius 3 is 1.60 bits per heavy atom. The molecule has 9 aromatic carbocycles. The van der Waals surface area contributed by atoms with Crippen molar-refractivity contribution in [2.24, 2.45) is 0 Å². The van der Waals surface area contributed by atoms with Gasteiger partial charge in [0.2, 0.25) is 0 Å². The molecule has 0 saturated carbocycles. The first-order chi connectivity index (χ1) is 27.3. The molecule has 0 N–H and O–H groups in total. The third-order valence-corrected chi connectivity index (χ3v) is 11.5. The number of aromatic nitrogens is 1. The van der Waals surface area contributed by atoms with Crippen LogP contribution in [0.25, 0.3) is 115 Å². The van der Waals surface area contributed by atoms with Gasteiger partial charge in [-0.1, -0.05) is 133 Å². The number of hydrogen-bond donors (Lipinski definition) is 0. The first-order valence-corrected chi connectivity index (χ1v) is 18.7. The predicted octanol–water partition coefficient (Wildman–Crippen LogP) is 14.7. The Hall–Kier alpha value is -7.36. The Labute approximate surface area is 315 Å². The Balaban J connectivity index is 1.10. The van der Waals surface area contributed by atoms with Gasteiger partial charge in [-0.3, -0.25) is 0 Å². The van der Waals surface area contributed by atoms with Crippen molar-refractivity contribution in [2.75, 3.05) is 0 Å². The van der Waals surface area contributed by atoms with Gasteiger partial charge in [-0.2, -0.15) is 0 Å². The lowest BCUT2D eigenvalue weighted by atomic mass is 9.85. The summed E-state index contributed by atoms with van der Waals surface area (Å²) < 4.78 is 15.3. The fourth-order valence-electron chi connectivity index (χ4n) is 9.07. The Kier molecular flexibility index (Phi) is 6.34. The Morgan fingerprint density at radius 2 is 0.909 bits per heavy atom. The van der Waals surface area contributed by atoms with Crippen molar-refractivity contribution in [1.29, 1.82) is 0 Å². The molecule has 55 heavy (non-hydrogen) atoms.